The molecule has 0 unspecified atom stereocenters. The third-order valence-corrected chi connectivity index (χ3v) is 4.68. The Hall–Kier alpha value is -3.16. The van der Waals surface area contributed by atoms with Crippen molar-refractivity contribution in [2.45, 2.75) is 26.4 Å². The van der Waals surface area contributed by atoms with Crippen molar-refractivity contribution >= 4 is 22.6 Å². The average Bonchev–Trinajstić information content (AvgIpc) is 2.68. The molecule has 0 spiro atoms. The summed E-state index contributed by atoms with van der Waals surface area (Å²) in [5.74, 6) is -0.466. The van der Waals surface area contributed by atoms with Crippen LogP contribution in [0.25, 0.3) is 10.9 Å². The fourth-order valence-corrected chi connectivity index (χ4v) is 3.21. The van der Waals surface area contributed by atoms with Crippen LogP contribution in [0, 0.1) is 13.8 Å². The Morgan fingerprint density at radius 3 is 2.59 bits per heavy atom. The Kier molecular flexibility index (Phi) is 6.00. The molecule has 3 aromatic rings. The van der Waals surface area contributed by atoms with Gasteiger partial charge in [0.15, 0.2) is 0 Å². The number of amides is 1. The number of rotatable bonds is 6. The van der Waals surface area contributed by atoms with Crippen LogP contribution in [0.4, 0.5) is 19.0 Å². The number of aromatic nitrogens is 2. The van der Waals surface area contributed by atoms with Gasteiger partial charge in [0.25, 0.3) is 0 Å². The van der Waals surface area contributed by atoms with Crippen LogP contribution in [0.1, 0.15) is 22.4 Å². The Balaban J connectivity index is 1.59. The summed E-state index contributed by atoms with van der Waals surface area (Å²) in [5, 5.41) is 6.35. The van der Waals surface area contributed by atoms with E-state index in [4.69, 9.17) is 0 Å². The molecule has 1 amide bonds. The van der Waals surface area contributed by atoms with E-state index < -0.39 is 11.7 Å². The molecule has 5 nitrogen and oxygen atoms in total. The number of aryl methyl sites for hydroxylation is 2. The molecule has 29 heavy (non-hydrogen) atoms. The molecule has 2 N–H and O–H groups in total. The summed E-state index contributed by atoms with van der Waals surface area (Å²) in [6.07, 6.45) is -3.04. The third-order valence-electron chi connectivity index (χ3n) is 4.68. The highest BCUT2D eigenvalue weighted by Gasteiger charge is 2.33. The van der Waals surface area contributed by atoms with E-state index in [0.717, 1.165) is 33.8 Å². The SMILES string of the molecule is Cc1nc2ccccc2c(C)c1CC(=O)NCCNc1ncccc1C(F)(F)F. The molecule has 0 aliphatic heterocycles. The molecule has 0 bridgehead atoms. The number of hydrogen-bond donors (Lipinski definition) is 2. The number of halogens is 3. The topological polar surface area (TPSA) is 66.9 Å². The first kappa shape index (κ1) is 20.6. The summed E-state index contributed by atoms with van der Waals surface area (Å²) in [5.41, 5.74) is 2.70. The summed E-state index contributed by atoms with van der Waals surface area (Å²) in [7, 11) is 0. The molecule has 0 saturated heterocycles. The second-order valence-electron chi connectivity index (χ2n) is 6.67. The molecule has 8 heteroatoms. The number of benzene rings is 1. The lowest BCUT2D eigenvalue weighted by molar-refractivity contribution is -0.137. The molecule has 152 valence electrons. The Bertz CT molecular complexity index is 1030. The van der Waals surface area contributed by atoms with Gasteiger partial charge in [-0.25, -0.2) is 4.98 Å². The molecule has 3 rings (SSSR count). The van der Waals surface area contributed by atoms with E-state index in [2.05, 4.69) is 20.6 Å². The predicted octanol–water partition coefficient (Wildman–Crippen LogP) is 4.04. The number of nitrogens with one attached hydrogen (secondary N) is 2. The quantitative estimate of drug-likeness (QED) is 0.611. The van der Waals surface area contributed by atoms with Gasteiger partial charge in [-0.1, -0.05) is 18.2 Å². The van der Waals surface area contributed by atoms with Crippen LogP contribution in [0.15, 0.2) is 42.6 Å². The number of nitrogens with zero attached hydrogens (tertiary/aromatic N) is 2. The Morgan fingerprint density at radius 1 is 1.07 bits per heavy atom. The summed E-state index contributed by atoms with van der Waals surface area (Å²) in [6.45, 7) is 4.12. The van der Waals surface area contributed by atoms with E-state index >= 15 is 0 Å². The number of carbonyl (C=O) groups excluding carboxylic acids is 1. The van der Waals surface area contributed by atoms with E-state index in [-0.39, 0.29) is 31.2 Å². The van der Waals surface area contributed by atoms with Crippen molar-refractivity contribution in [3.05, 3.63) is 65.0 Å². The van der Waals surface area contributed by atoms with Gasteiger partial charge < -0.3 is 10.6 Å². The van der Waals surface area contributed by atoms with Crippen molar-refractivity contribution in [3.8, 4) is 0 Å². The lowest BCUT2D eigenvalue weighted by Crippen LogP contribution is -2.31. The average molecular weight is 402 g/mol. The number of para-hydroxylation sites is 1. The van der Waals surface area contributed by atoms with E-state index in [9.17, 15) is 18.0 Å². The molecule has 0 saturated carbocycles. The van der Waals surface area contributed by atoms with Gasteiger partial charge in [-0.2, -0.15) is 13.2 Å². The van der Waals surface area contributed by atoms with Gasteiger partial charge in [-0.05, 0) is 43.2 Å². The number of hydrogen-bond acceptors (Lipinski definition) is 4. The predicted molar refractivity (Wildman–Crippen MR) is 106 cm³/mol. The highest BCUT2D eigenvalue weighted by Crippen LogP contribution is 2.33. The maximum atomic E-state index is 13.0. The van der Waals surface area contributed by atoms with Crippen LogP contribution in [0.2, 0.25) is 0 Å². The maximum Gasteiger partial charge on any atom is 0.419 e. The monoisotopic (exact) mass is 402 g/mol. The number of carbonyl (C=O) groups is 1. The third kappa shape index (κ3) is 4.82. The normalized spacial score (nSPS) is 11.5. The molecule has 0 radical (unpaired) electrons. The Morgan fingerprint density at radius 2 is 1.83 bits per heavy atom. The van der Waals surface area contributed by atoms with Crippen molar-refractivity contribution in [2.75, 3.05) is 18.4 Å². The number of alkyl halides is 3. The maximum absolute atomic E-state index is 13.0. The zero-order valence-corrected chi connectivity index (χ0v) is 16.1. The van der Waals surface area contributed by atoms with Gasteiger partial charge >= 0.3 is 6.18 Å². The molecule has 2 heterocycles. The van der Waals surface area contributed by atoms with Gasteiger partial charge in [0.1, 0.15) is 5.82 Å². The Labute approximate surface area is 166 Å². The minimum absolute atomic E-state index is 0.125. The highest BCUT2D eigenvalue weighted by molar-refractivity contribution is 5.86. The van der Waals surface area contributed by atoms with Gasteiger partial charge in [0.2, 0.25) is 5.91 Å². The number of anilines is 1. The van der Waals surface area contributed by atoms with E-state index in [1.165, 1.54) is 12.3 Å². The lowest BCUT2D eigenvalue weighted by Gasteiger charge is -2.14. The van der Waals surface area contributed by atoms with Crippen LogP contribution < -0.4 is 10.6 Å². The molecule has 0 atom stereocenters. The van der Waals surface area contributed by atoms with Crippen LogP contribution in [-0.4, -0.2) is 29.0 Å². The van der Waals surface area contributed by atoms with Crippen LogP contribution in [0.3, 0.4) is 0 Å². The van der Waals surface area contributed by atoms with Crippen molar-refractivity contribution in [1.82, 2.24) is 15.3 Å². The molecular weight excluding hydrogens is 381 g/mol. The van der Waals surface area contributed by atoms with E-state index in [1.807, 2.05) is 38.1 Å². The summed E-state index contributed by atoms with van der Waals surface area (Å²) in [6, 6.07) is 9.93. The second kappa shape index (κ2) is 8.46. The standard InChI is InChI=1S/C21H21F3N4O/c1-13-15-6-3-4-8-18(15)28-14(2)16(13)12-19(29)25-10-11-27-20-17(21(22,23)24)7-5-9-26-20/h3-9H,10-12H2,1-2H3,(H,25,29)(H,26,27). The first-order valence-electron chi connectivity index (χ1n) is 9.15. The zero-order chi connectivity index (χ0) is 21.0. The number of pyridine rings is 2. The second-order valence-corrected chi connectivity index (χ2v) is 6.67. The largest absolute Gasteiger partial charge is 0.419 e. The fourth-order valence-electron chi connectivity index (χ4n) is 3.21. The van der Waals surface area contributed by atoms with Crippen molar-refractivity contribution in [2.24, 2.45) is 0 Å². The molecule has 0 fully saturated rings. The minimum Gasteiger partial charge on any atom is -0.368 e. The highest BCUT2D eigenvalue weighted by atomic mass is 19.4. The van der Waals surface area contributed by atoms with Gasteiger partial charge in [-0.3, -0.25) is 9.78 Å². The summed E-state index contributed by atoms with van der Waals surface area (Å²) < 4.78 is 38.9. The summed E-state index contributed by atoms with van der Waals surface area (Å²) >= 11 is 0. The minimum atomic E-state index is -4.49. The van der Waals surface area contributed by atoms with Crippen molar-refractivity contribution in [3.63, 3.8) is 0 Å². The summed E-state index contributed by atoms with van der Waals surface area (Å²) in [4.78, 5) is 20.6. The van der Waals surface area contributed by atoms with Crippen molar-refractivity contribution < 1.29 is 18.0 Å². The van der Waals surface area contributed by atoms with Crippen molar-refractivity contribution in [1.29, 1.82) is 0 Å². The van der Waals surface area contributed by atoms with Gasteiger partial charge in [-0.15, -0.1) is 0 Å². The molecule has 0 aliphatic carbocycles. The lowest BCUT2D eigenvalue weighted by atomic mass is 9.99. The molecule has 0 aliphatic rings. The fraction of sp³-hybridized carbons (Fsp3) is 0.286. The van der Waals surface area contributed by atoms with E-state index in [0.29, 0.717) is 0 Å². The molecule has 1 aromatic carbocycles. The first-order valence-corrected chi connectivity index (χ1v) is 9.15. The molecular formula is C21H21F3N4O. The molecule has 2 aromatic heterocycles. The van der Waals surface area contributed by atoms with Crippen LogP contribution in [-0.2, 0) is 17.4 Å². The van der Waals surface area contributed by atoms with E-state index in [1.54, 1.807) is 0 Å². The van der Waals surface area contributed by atoms with Gasteiger partial charge in [0.05, 0.1) is 17.5 Å². The van der Waals surface area contributed by atoms with Crippen LogP contribution >= 0.6 is 0 Å². The zero-order valence-electron chi connectivity index (χ0n) is 16.1. The van der Waals surface area contributed by atoms with Crippen LogP contribution in [0.5, 0.6) is 0 Å². The smallest absolute Gasteiger partial charge is 0.368 e. The number of fused-ring (bicyclic) bond motifs is 1. The first-order chi connectivity index (χ1) is 13.8. The van der Waals surface area contributed by atoms with Gasteiger partial charge in [0, 0.05) is 30.4 Å².